The first kappa shape index (κ1) is 14.6. The molecule has 2 unspecified atom stereocenters. The van der Waals surface area contributed by atoms with E-state index >= 15 is 0 Å². The number of anilines is 1. The van der Waals surface area contributed by atoms with E-state index < -0.39 is 0 Å². The number of ether oxygens (including phenoxy) is 1. The SMILES string of the molecule is CCC1CN(c2ccc(OC)cc2[N+](=O)[O-])CCC1N. The lowest BCUT2D eigenvalue weighted by atomic mass is 9.90. The molecule has 2 atom stereocenters. The Morgan fingerprint density at radius 2 is 2.30 bits per heavy atom. The van der Waals surface area contributed by atoms with Crippen LogP contribution in [0.1, 0.15) is 19.8 Å². The third kappa shape index (κ3) is 2.85. The fourth-order valence-corrected chi connectivity index (χ4v) is 2.74. The van der Waals surface area contributed by atoms with Crippen molar-refractivity contribution >= 4 is 11.4 Å². The molecular formula is C14H21N3O3. The van der Waals surface area contributed by atoms with Crippen molar-refractivity contribution in [1.82, 2.24) is 0 Å². The lowest BCUT2D eigenvalue weighted by molar-refractivity contribution is -0.384. The minimum atomic E-state index is -0.354. The van der Waals surface area contributed by atoms with Crippen LogP contribution in [0.2, 0.25) is 0 Å². The van der Waals surface area contributed by atoms with Gasteiger partial charge in [0.05, 0.1) is 18.1 Å². The highest BCUT2D eigenvalue weighted by atomic mass is 16.6. The van der Waals surface area contributed by atoms with Gasteiger partial charge in [0, 0.05) is 19.1 Å². The first-order valence-corrected chi connectivity index (χ1v) is 6.89. The maximum atomic E-state index is 11.2. The maximum Gasteiger partial charge on any atom is 0.296 e. The highest BCUT2D eigenvalue weighted by molar-refractivity contribution is 5.65. The van der Waals surface area contributed by atoms with Gasteiger partial charge in [-0.25, -0.2) is 0 Å². The smallest absolute Gasteiger partial charge is 0.296 e. The van der Waals surface area contributed by atoms with Gasteiger partial charge in [-0.2, -0.15) is 0 Å². The number of nitrogens with two attached hydrogens (primary N) is 1. The second-order valence-corrected chi connectivity index (χ2v) is 5.18. The summed E-state index contributed by atoms with van der Waals surface area (Å²) in [6.45, 7) is 3.63. The molecule has 1 aliphatic rings. The van der Waals surface area contributed by atoms with Crippen LogP contribution in [0.5, 0.6) is 5.75 Å². The number of hydrogen-bond donors (Lipinski definition) is 1. The molecule has 0 radical (unpaired) electrons. The number of piperidine rings is 1. The fraction of sp³-hybridized carbons (Fsp3) is 0.571. The van der Waals surface area contributed by atoms with Crippen LogP contribution in [0, 0.1) is 16.0 Å². The van der Waals surface area contributed by atoms with E-state index in [2.05, 4.69) is 11.8 Å². The second-order valence-electron chi connectivity index (χ2n) is 5.18. The number of benzene rings is 1. The Labute approximate surface area is 118 Å². The molecule has 0 spiro atoms. The standard InChI is InChI=1S/C14H21N3O3/c1-3-10-9-16(7-6-12(10)15)13-5-4-11(20-2)8-14(13)17(18)19/h4-5,8,10,12H,3,6-7,9,15H2,1-2H3. The Bertz CT molecular complexity index is 493. The fourth-order valence-electron chi connectivity index (χ4n) is 2.74. The molecule has 2 N–H and O–H groups in total. The van der Waals surface area contributed by atoms with Gasteiger partial charge in [0.25, 0.3) is 5.69 Å². The summed E-state index contributed by atoms with van der Waals surface area (Å²) in [5.74, 6) is 0.881. The number of nitro groups is 1. The van der Waals surface area contributed by atoms with Gasteiger partial charge in [-0.1, -0.05) is 13.3 Å². The lowest BCUT2D eigenvalue weighted by Gasteiger charge is -2.37. The topological polar surface area (TPSA) is 81.6 Å². The largest absolute Gasteiger partial charge is 0.496 e. The van der Waals surface area contributed by atoms with Crippen LogP contribution >= 0.6 is 0 Å². The molecule has 6 heteroatoms. The molecule has 0 amide bonds. The summed E-state index contributed by atoms with van der Waals surface area (Å²) >= 11 is 0. The van der Waals surface area contributed by atoms with Crippen LogP contribution < -0.4 is 15.4 Å². The molecule has 1 aromatic carbocycles. The third-order valence-corrected chi connectivity index (χ3v) is 4.04. The van der Waals surface area contributed by atoms with Crippen molar-refractivity contribution in [3.63, 3.8) is 0 Å². The Hall–Kier alpha value is -1.82. The molecule has 1 aromatic rings. The lowest BCUT2D eigenvalue weighted by Crippen LogP contribution is -2.47. The van der Waals surface area contributed by atoms with E-state index in [-0.39, 0.29) is 16.7 Å². The van der Waals surface area contributed by atoms with Gasteiger partial charge in [0.2, 0.25) is 0 Å². The van der Waals surface area contributed by atoms with Gasteiger partial charge >= 0.3 is 0 Å². The zero-order chi connectivity index (χ0) is 14.7. The minimum Gasteiger partial charge on any atom is -0.496 e. The summed E-state index contributed by atoms with van der Waals surface area (Å²) in [5.41, 5.74) is 6.84. The zero-order valence-electron chi connectivity index (χ0n) is 11.9. The predicted octanol–water partition coefficient (Wildman–Crippen LogP) is 2.17. The number of nitro benzene ring substituents is 1. The Morgan fingerprint density at radius 3 is 2.90 bits per heavy atom. The van der Waals surface area contributed by atoms with E-state index in [9.17, 15) is 10.1 Å². The van der Waals surface area contributed by atoms with Crippen molar-refractivity contribution in [3.8, 4) is 5.75 Å². The van der Waals surface area contributed by atoms with Gasteiger partial charge < -0.3 is 15.4 Å². The van der Waals surface area contributed by atoms with Gasteiger partial charge in [-0.15, -0.1) is 0 Å². The van der Waals surface area contributed by atoms with E-state index in [0.717, 1.165) is 25.9 Å². The van der Waals surface area contributed by atoms with Crippen molar-refractivity contribution in [2.24, 2.45) is 11.7 Å². The van der Waals surface area contributed by atoms with Crippen molar-refractivity contribution in [2.75, 3.05) is 25.1 Å². The molecule has 1 heterocycles. The van der Waals surface area contributed by atoms with Crippen LogP contribution in [-0.2, 0) is 0 Å². The van der Waals surface area contributed by atoms with Crippen molar-refractivity contribution in [1.29, 1.82) is 0 Å². The molecule has 0 aromatic heterocycles. The summed E-state index contributed by atoms with van der Waals surface area (Å²) in [5, 5.41) is 11.2. The summed E-state index contributed by atoms with van der Waals surface area (Å²) in [4.78, 5) is 13.0. The van der Waals surface area contributed by atoms with Gasteiger partial charge in [0.1, 0.15) is 11.4 Å². The molecule has 6 nitrogen and oxygen atoms in total. The van der Waals surface area contributed by atoms with E-state index in [0.29, 0.717) is 17.4 Å². The molecule has 1 aliphatic heterocycles. The summed E-state index contributed by atoms with van der Waals surface area (Å²) < 4.78 is 5.06. The maximum absolute atomic E-state index is 11.2. The Balaban J connectivity index is 2.30. The number of nitrogens with zero attached hydrogens (tertiary/aromatic N) is 2. The first-order valence-electron chi connectivity index (χ1n) is 6.89. The van der Waals surface area contributed by atoms with E-state index in [1.54, 1.807) is 12.1 Å². The molecule has 110 valence electrons. The van der Waals surface area contributed by atoms with Crippen molar-refractivity contribution < 1.29 is 9.66 Å². The van der Waals surface area contributed by atoms with E-state index in [1.807, 2.05) is 0 Å². The van der Waals surface area contributed by atoms with Crippen molar-refractivity contribution in [2.45, 2.75) is 25.8 Å². The number of rotatable bonds is 4. The van der Waals surface area contributed by atoms with Crippen LogP contribution in [0.3, 0.4) is 0 Å². The highest BCUT2D eigenvalue weighted by Crippen LogP contribution is 2.34. The van der Waals surface area contributed by atoms with Crippen LogP contribution in [0.25, 0.3) is 0 Å². The van der Waals surface area contributed by atoms with Crippen LogP contribution in [-0.4, -0.2) is 31.2 Å². The predicted molar refractivity (Wildman–Crippen MR) is 78.2 cm³/mol. The molecule has 1 fully saturated rings. The minimum absolute atomic E-state index is 0.0923. The molecular weight excluding hydrogens is 258 g/mol. The van der Waals surface area contributed by atoms with Gasteiger partial charge in [0.15, 0.2) is 0 Å². The molecule has 0 saturated carbocycles. The number of methoxy groups -OCH3 is 1. The van der Waals surface area contributed by atoms with Crippen LogP contribution in [0.15, 0.2) is 18.2 Å². The normalized spacial score (nSPS) is 22.6. The second kappa shape index (κ2) is 6.09. The summed E-state index contributed by atoms with van der Waals surface area (Å²) in [6, 6.07) is 5.19. The zero-order valence-corrected chi connectivity index (χ0v) is 11.9. The highest BCUT2D eigenvalue weighted by Gasteiger charge is 2.29. The Kier molecular flexibility index (Phi) is 4.44. The molecule has 0 bridgehead atoms. The van der Waals surface area contributed by atoms with E-state index in [1.165, 1.54) is 13.2 Å². The number of hydrogen-bond acceptors (Lipinski definition) is 5. The average molecular weight is 279 g/mol. The first-order chi connectivity index (χ1) is 9.56. The molecule has 2 rings (SSSR count). The third-order valence-electron chi connectivity index (χ3n) is 4.04. The van der Waals surface area contributed by atoms with Crippen molar-refractivity contribution in [3.05, 3.63) is 28.3 Å². The summed E-state index contributed by atoms with van der Waals surface area (Å²) in [7, 11) is 1.51. The van der Waals surface area contributed by atoms with Gasteiger partial charge in [-0.3, -0.25) is 10.1 Å². The average Bonchev–Trinajstić information content (AvgIpc) is 2.47. The summed E-state index contributed by atoms with van der Waals surface area (Å²) in [6.07, 6.45) is 1.85. The van der Waals surface area contributed by atoms with E-state index in [4.69, 9.17) is 10.5 Å². The molecule has 20 heavy (non-hydrogen) atoms. The monoisotopic (exact) mass is 279 g/mol. The molecule has 1 saturated heterocycles. The van der Waals surface area contributed by atoms with Gasteiger partial charge in [-0.05, 0) is 24.5 Å². The molecule has 0 aliphatic carbocycles. The van der Waals surface area contributed by atoms with Crippen LogP contribution in [0.4, 0.5) is 11.4 Å². The quantitative estimate of drug-likeness (QED) is 0.674. The Morgan fingerprint density at radius 1 is 1.55 bits per heavy atom.